The van der Waals surface area contributed by atoms with Gasteiger partial charge in [0, 0.05) is 4.83 Å². The van der Waals surface area contributed by atoms with Crippen LogP contribution in [-0.2, 0) is 6.42 Å². The summed E-state index contributed by atoms with van der Waals surface area (Å²) >= 11 is 3.86. The minimum absolute atomic E-state index is 0.642. The number of aryl methyl sites for hydroxylation is 1. The Balaban J connectivity index is 1.99. The van der Waals surface area contributed by atoms with Gasteiger partial charge in [-0.05, 0) is 30.9 Å². The van der Waals surface area contributed by atoms with Crippen LogP contribution in [0, 0.1) is 6.92 Å². The van der Waals surface area contributed by atoms with Gasteiger partial charge in [0.25, 0.3) is 0 Å². The Hall–Kier alpha value is -0.300. The van der Waals surface area contributed by atoms with Crippen LogP contribution in [0.4, 0.5) is 0 Å². The second-order valence-corrected chi connectivity index (χ2v) is 7.64. The molecular weight excluding hydrogens is 320 g/mol. The summed E-state index contributed by atoms with van der Waals surface area (Å²) in [5.41, 5.74) is 2.92. The van der Waals surface area contributed by atoms with Crippen LogP contribution in [0.2, 0.25) is 0 Å². The summed E-state index contributed by atoms with van der Waals surface area (Å²) < 4.78 is 0. The van der Waals surface area contributed by atoms with Gasteiger partial charge in [-0.15, -0.1) is 0 Å². The van der Waals surface area contributed by atoms with Gasteiger partial charge in [-0.3, -0.25) is 0 Å². The molecule has 1 atom stereocenters. The van der Waals surface area contributed by atoms with Crippen molar-refractivity contribution in [2.24, 2.45) is 0 Å². The molecule has 1 rings (SSSR count). The zero-order valence-electron chi connectivity index (χ0n) is 14.0. The number of hydrogen-bond donors (Lipinski definition) is 0. The van der Waals surface area contributed by atoms with Crippen LogP contribution in [-0.4, -0.2) is 4.83 Å². The second kappa shape index (κ2) is 12.3. The van der Waals surface area contributed by atoms with Crippen LogP contribution in [0.15, 0.2) is 24.3 Å². The maximum Gasteiger partial charge on any atom is 0.0186 e. The molecule has 0 N–H and O–H groups in total. The van der Waals surface area contributed by atoms with E-state index in [9.17, 15) is 0 Å². The zero-order valence-corrected chi connectivity index (χ0v) is 15.6. The highest BCUT2D eigenvalue weighted by atomic mass is 79.9. The van der Waals surface area contributed by atoms with Gasteiger partial charge in [-0.1, -0.05) is 105 Å². The molecule has 1 heteroatoms. The van der Waals surface area contributed by atoms with Gasteiger partial charge in [-0.25, -0.2) is 0 Å². The van der Waals surface area contributed by atoms with E-state index in [1.165, 1.54) is 81.8 Å². The Morgan fingerprint density at radius 1 is 0.857 bits per heavy atom. The smallest absolute Gasteiger partial charge is 0.0186 e. The van der Waals surface area contributed by atoms with E-state index in [-0.39, 0.29) is 0 Å². The van der Waals surface area contributed by atoms with Crippen molar-refractivity contribution in [3.63, 3.8) is 0 Å². The third kappa shape index (κ3) is 9.34. The van der Waals surface area contributed by atoms with Gasteiger partial charge >= 0.3 is 0 Å². The SMILES string of the molecule is CCCCCCCCCCCC(Br)Cc1ccccc1C. The minimum Gasteiger partial charge on any atom is -0.0887 e. The molecule has 1 aromatic rings. The first-order valence-electron chi connectivity index (χ1n) is 8.92. The predicted molar refractivity (Wildman–Crippen MR) is 99.4 cm³/mol. The summed E-state index contributed by atoms with van der Waals surface area (Å²) in [6.45, 7) is 4.50. The van der Waals surface area contributed by atoms with E-state index in [4.69, 9.17) is 0 Å². The molecule has 0 fully saturated rings. The van der Waals surface area contributed by atoms with E-state index >= 15 is 0 Å². The third-order valence-corrected chi connectivity index (χ3v) is 5.11. The molecule has 0 heterocycles. The van der Waals surface area contributed by atoms with Crippen molar-refractivity contribution in [2.45, 2.75) is 89.3 Å². The van der Waals surface area contributed by atoms with Gasteiger partial charge < -0.3 is 0 Å². The Morgan fingerprint density at radius 2 is 1.43 bits per heavy atom. The van der Waals surface area contributed by atoms with Crippen molar-refractivity contribution in [2.75, 3.05) is 0 Å². The van der Waals surface area contributed by atoms with Gasteiger partial charge in [0.2, 0.25) is 0 Å². The first kappa shape index (κ1) is 18.7. The molecule has 21 heavy (non-hydrogen) atoms. The van der Waals surface area contributed by atoms with Crippen molar-refractivity contribution in [3.05, 3.63) is 35.4 Å². The van der Waals surface area contributed by atoms with Crippen LogP contribution in [0.1, 0.15) is 82.3 Å². The van der Waals surface area contributed by atoms with Gasteiger partial charge in [0.05, 0.1) is 0 Å². The summed E-state index contributed by atoms with van der Waals surface area (Å²) in [7, 11) is 0. The molecule has 0 radical (unpaired) electrons. The Labute approximate surface area is 140 Å². The summed E-state index contributed by atoms with van der Waals surface area (Å²) in [4.78, 5) is 0.642. The molecule has 1 unspecified atom stereocenters. The second-order valence-electron chi connectivity index (χ2n) is 6.34. The average Bonchev–Trinajstić information content (AvgIpc) is 2.48. The standard InChI is InChI=1S/C20H33Br/c1-3-4-5-6-7-8-9-10-11-16-20(21)17-19-15-13-12-14-18(19)2/h12-15,20H,3-11,16-17H2,1-2H3. The summed E-state index contributed by atoms with van der Waals surface area (Å²) in [6, 6.07) is 8.76. The van der Waals surface area contributed by atoms with E-state index in [0.717, 1.165) is 0 Å². The fourth-order valence-electron chi connectivity index (χ4n) is 2.86. The van der Waals surface area contributed by atoms with Gasteiger partial charge in [-0.2, -0.15) is 0 Å². The van der Waals surface area contributed by atoms with E-state index in [0.29, 0.717) is 4.83 Å². The molecule has 0 saturated heterocycles. The molecule has 1 aromatic carbocycles. The maximum absolute atomic E-state index is 3.86. The molecule has 0 aromatic heterocycles. The number of rotatable bonds is 12. The molecule has 0 amide bonds. The fourth-order valence-corrected chi connectivity index (χ4v) is 3.53. The molecule has 0 spiro atoms. The van der Waals surface area contributed by atoms with E-state index in [2.05, 4.69) is 54.0 Å². The van der Waals surface area contributed by atoms with Crippen LogP contribution in [0.5, 0.6) is 0 Å². The fraction of sp³-hybridized carbons (Fsp3) is 0.700. The van der Waals surface area contributed by atoms with E-state index in [1.54, 1.807) is 0 Å². The zero-order chi connectivity index (χ0) is 15.3. The lowest BCUT2D eigenvalue weighted by molar-refractivity contribution is 0.553. The number of hydrogen-bond acceptors (Lipinski definition) is 0. The topological polar surface area (TPSA) is 0 Å². The van der Waals surface area contributed by atoms with Crippen LogP contribution in [0.25, 0.3) is 0 Å². The highest BCUT2D eigenvalue weighted by Gasteiger charge is 2.06. The molecule has 0 bridgehead atoms. The van der Waals surface area contributed by atoms with Crippen molar-refractivity contribution in [1.82, 2.24) is 0 Å². The third-order valence-electron chi connectivity index (χ3n) is 4.32. The Bertz CT molecular complexity index is 359. The largest absolute Gasteiger partial charge is 0.0887 e. The molecule has 0 nitrogen and oxygen atoms in total. The van der Waals surface area contributed by atoms with Crippen LogP contribution < -0.4 is 0 Å². The molecular formula is C20H33Br. The van der Waals surface area contributed by atoms with E-state index in [1.807, 2.05) is 0 Å². The van der Waals surface area contributed by atoms with Gasteiger partial charge in [0.15, 0.2) is 0 Å². The average molecular weight is 353 g/mol. The first-order valence-corrected chi connectivity index (χ1v) is 9.84. The van der Waals surface area contributed by atoms with Crippen LogP contribution in [0.3, 0.4) is 0 Å². The molecule has 0 aliphatic rings. The highest BCUT2D eigenvalue weighted by Crippen LogP contribution is 2.19. The molecule has 120 valence electrons. The Kier molecular flexibility index (Phi) is 10.9. The summed E-state index contributed by atoms with van der Waals surface area (Å²) in [5, 5.41) is 0. The molecule has 0 aliphatic carbocycles. The number of benzene rings is 1. The first-order chi connectivity index (χ1) is 10.2. The van der Waals surface area contributed by atoms with Crippen molar-refractivity contribution in [1.29, 1.82) is 0 Å². The van der Waals surface area contributed by atoms with E-state index < -0.39 is 0 Å². The van der Waals surface area contributed by atoms with Gasteiger partial charge in [0.1, 0.15) is 0 Å². The highest BCUT2D eigenvalue weighted by molar-refractivity contribution is 9.09. The minimum atomic E-state index is 0.642. The molecule has 0 saturated carbocycles. The van der Waals surface area contributed by atoms with Crippen LogP contribution >= 0.6 is 15.9 Å². The van der Waals surface area contributed by atoms with Crippen molar-refractivity contribution < 1.29 is 0 Å². The summed E-state index contributed by atoms with van der Waals surface area (Å²) in [5.74, 6) is 0. The lowest BCUT2D eigenvalue weighted by atomic mass is 10.0. The van der Waals surface area contributed by atoms with Crippen molar-refractivity contribution in [3.8, 4) is 0 Å². The number of halogens is 1. The molecule has 0 aliphatic heterocycles. The lowest BCUT2D eigenvalue weighted by Crippen LogP contribution is -2.04. The number of alkyl halides is 1. The number of unbranched alkanes of at least 4 members (excludes halogenated alkanes) is 8. The Morgan fingerprint density at radius 3 is 2.05 bits per heavy atom. The van der Waals surface area contributed by atoms with Crippen molar-refractivity contribution >= 4 is 15.9 Å². The predicted octanol–water partition coefficient (Wildman–Crippen LogP) is 7.22. The summed E-state index contributed by atoms with van der Waals surface area (Å²) in [6.07, 6.45) is 15.2. The normalized spacial score (nSPS) is 12.5. The monoisotopic (exact) mass is 352 g/mol. The maximum atomic E-state index is 3.86. The quantitative estimate of drug-likeness (QED) is 0.275. The lowest BCUT2D eigenvalue weighted by Gasteiger charge is -2.11.